The van der Waals surface area contributed by atoms with Gasteiger partial charge in [0, 0.05) is 37.1 Å². The lowest BCUT2D eigenvalue weighted by atomic mass is 9.68. The van der Waals surface area contributed by atoms with Crippen LogP contribution in [0, 0.1) is 0 Å². The lowest BCUT2D eigenvalue weighted by Gasteiger charge is -2.34. The number of rotatable bonds is 7. The summed E-state index contributed by atoms with van der Waals surface area (Å²) in [7, 11) is 0. The molecule has 0 fully saturated rings. The summed E-state index contributed by atoms with van der Waals surface area (Å²) < 4.78 is 2.63. The SMILES string of the molecule is c1ccc(C2(c3ccccc3)c3ccccc3-c3c(N(c4cccc(-c5ccc6sc7ccccc7c6c5)c4)c4cccc(-c5cccc6ccccc56)c4)cccc32)cc1. The van der Waals surface area contributed by atoms with Crippen LogP contribution in [0.4, 0.5) is 17.1 Å². The van der Waals surface area contributed by atoms with E-state index in [1.54, 1.807) is 0 Å². The largest absolute Gasteiger partial charge is 0.310 e. The average Bonchev–Trinajstić information content (AvgIpc) is 3.86. The van der Waals surface area contributed by atoms with Gasteiger partial charge in [0.2, 0.25) is 0 Å². The van der Waals surface area contributed by atoms with Crippen molar-refractivity contribution in [1.82, 2.24) is 0 Å². The van der Waals surface area contributed by atoms with Crippen LogP contribution in [0.15, 0.2) is 237 Å². The maximum absolute atomic E-state index is 2.50. The van der Waals surface area contributed by atoms with Crippen molar-refractivity contribution in [2.24, 2.45) is 0 Å². The number of hydrogen-bond donors (Lipinski definition) is 0. The molecule has 286 valence electrons. The number of benzene rings is 10. The summed E-state index contributed by atoms with van der Waals surface area (Å²) >= 11 is 1.86. The third-order valence-corrected chi connectivity index (χ3v) is 13.9. The molecule has 2 heteroatoms. The molecule has 12 rings (SSSR count). The summed E-state index contributed by atoms with van der Waals surface area (Å²) in [6, 6.07) is 87.4. The second-order valence-electron chi connectivity index (χ2n) is 16.0. The Kier molecular flexibility index (Phi) is 8.33. The van der Waals surface area contributed by atoms with Crippen LogP contribution in [0.1, 0.15) is 22.3 Å². The minimum atomic E-state index is -0.512. The second-order valence-corrected chi connectivity index (χ2v) is 17.1. The Morgan fingerprint density at radius 3 is 1.70 bits per heavy atom. The van der Waals surface area contributed by atoms with Crippen molar-refractivity contribution < 1.29 is 0 Å². The molecule has 0 aliphatic heterocycles. The van der Waals surface area contributed by atoms with Crippen LogP contribution >= 0.6 is 11.3 Å². The van der Waals surface area contributed by atoms with Crippen LogP contribution in [0.5, 0.6) is 0 Å². The van der Waals surface area contributed by atoms with Crippen molar-refractivity contribution in [1.29, 1.82) is 0 Å². The van der Waals surface area contributed by atoms with Gasteiger partial charge in [0.25, 0.3) is 0 Å². The van der Waals surface area contributed by atoms with Gasteiger partial charge in [-0.1, -0.05) is 188 Å². The highest BCUT2D eigenvalue weighted by molar-refractivity contribution is 7.25. The van der Waals surface area contributed by atoms with E-state index in [0.717, 1.165) is 17.1 Å². The number of thiophene rings is 1. The topological polar surface area (TPSA) is 3.24 Å². The van der Waals surface area contributed by atoms with Gasteiger partial charge >= 0.3 is 0 Å². The van der Waals surface area contributed by atoms with E-state index in [9.17, 15) is 0 Å². The molecular weight excluding hydrogens is 755 g/mol. The highest BCUT2D eigenvalue weighted by Crippen LogP contribution is 2.59. The molecule has 1 aromatic heterocycles. The van der Waals surface area contributed by atoms with Crippen molar-refractivity contribution in [2.45, 2.75) is 5.41 Å². The quantitative estimate of drug-likeness (QED) is 0.155. The molecule has 1 heterocycles. The first-order valence-corrected chi connectivity index (χ1v) is 21.8. The molecule has 0 unspecified atom stereocenters. The van der Waals surface area contributed by atoms with Crippen molar-refractivity contribution in [3.63, 3.8) is 0 Å². The summed E-state index contributed by atoms with van der Waals surface area (Å²) in [5.74, 6) is 0. The summed E-state index contributed by atoms with van der Waals surface area (Å²) in [5.41, 5.74) is 15.2. The number of fused-ring (bicyclic) bond motifs is 7. The minimum absolute atomic E-state index is 0.512. The molecule has 0 amide bonds. The van der Waals surface area contributed by atoms with Gasteiger partial charge in [0.1, 0.15) is 0 Å². The molecule has 0 radical (unpaired) electrons. The highest BCUT2D eigenvalue weighted by Gasteiger charge is 2.47. The molecule has 61 heavy (non-hydrogen) atoms. The fourth-order valence-electron chi connectivity index (χ4n) is 10.1. The van der Waals surface area contributed by atoms with Crippen LogP contribution < -0.4 is 4.90 Å². The van der Waals surface area contributed by atoms with E-state index in [2.05, 4.69) is 241 Å². The zero-order valence-electron chi connectivity index (χ0n) is 33.4. The molecule has 0 atom stereocenters. The minimum Gasteiger partial charge on any atom is -0.310 e. The summed E-state index contributed by atoms with van der Waals surface area (Å²) in [5, 5.41) is 5.10. The van der Waals surface area contributed by atoms with Gasteiger partial charge < -0.3 is 4.90 Å². The van der Waals surface area contributed by atoms with Gasteiger partial charge in [-0.15, -0.1) is 11.3 Å². The summed E-state index contributed by atoms with van der Waals surface area (Å²) in [6.07, 6.45) is 0. The number of nitrogens with zero attached hydrogens (tertiary/aromatic N) is 1. The van der Waals surface area contributed by atoms with Crippen molar-refractivity contribution >= 4 is 59.3 Å². The molecular formula is C59H39NS. The fraction of sp³-hybridized carbons (Fsp3) is 0.0169. The third-order valence-electron chi connectivity index (χ3n) is 12.7. The predicted octanol–water partition coefficient (Wildman–Crippen LogP) is 16.4. The summed E-state index contributed by atoms with van der Waals surface area (Å²) in [6.45, 7) is 0. The molecule has 1 nitrogen and oxygen atoms in total. The van der Waals surface area contributed by atoms with Gasteiger partial charge in [-0.3, -0.25) is 0 Å². The third kappa shape index (κ3) is 5.60. The molecule has 10 aromatic carbocycles. The Balaban J connectivity index is 1.12. The maximum atomic E-state index is 2.50. The molecule has 0 saturated carbocycles. The first-order valence-electron chi connectivity index (χ1n) is 21.0. The normalized spacial score (nSPS) is 12.7. The maximum Gasteiger partial charge on any atom is 0.0714 e. The standard InChI is InChI=1S/C59H39NS/c1-3-21-44(22-4-1)59(45-23-5-2-6-24-45)53-31-11-9-29-51(53)58-54(59)32-16-33-55(58)60(47-26-14-20-43(38-47)49-30-15-18-40-17-7-8-27-48(40)49)46-25-13-19-41(37-46)42-35-36-57-52(39-42)50-28-10-12-34-56(50)61-57/h1-39H. The Hall–Kier alpha value is -7.52. The molecule has 0 spiro atoms. The van der Waals surface area contributed by atoms with Crippen LogP contribution in [0.2, 0.25) is 0 Å². The number of anilines is 3. The Labute approximate surface area is 360 Å². The van der Waals surface area contributed by atoms with Crippen LogP contribution in [0.3, 0.4) is 0 Å². The van der Waals surface area contributed by atoms with Crippen molar-refractivity contribution in [2.75, 3.05) is 4.90 Å². The lowest BCUT2D eigenvalue weighted by Crippen LogP contribution is -2.28. The van der Waals surface area contributed by atoms with E-state index in [0.29, 0.717) is 0 Å². The van der Waals surface area contributed by atoms with Crippen LogP contribution in [-0.2, 0) is 5.41 Å². The molecule has 0 bridgehead atoms. The van der Waals surface area contributed by atoms with Gasteiger partial charge in [-0.25, -0.2) is 0 Å². The average molecular weight is 794 g/mol. The molecule has 11 aromatic rings. The predicted molar refractivity (Wildman–Crippen MR) is 260 cm³/mol. The Morgan fingerprint density at radius 2 is 0.902 bits per heavy atom. The van der Waals surface area contributed by atoms with Gasteiger partial charge in [0.15, 0.2) is 0 Å². The zero-order chi connectivity index (χ0) is 40.3. The monoisotopic (exact) mass is 793 g/mol. The smallest absolute Gasteiger partial charge is 0.0714 e. The summed E-state index contributed by atoms with van der Waals surface area (Å²) in [4.78, 5) is 2.50. The van der Waals surface area contributed by atoms with E-state index < -0.39 is 5.41 Å². The Bertz CT molecular complexity index is 3390. The molecule has 0 saturated heterocycles. The van der Waals surface area contributed by atoms with E-state index in [4.69, 9.17) is 0 Å². The van der Waals surface area contributed by atoms with E-state index >= 15 is 0 Å². The van der Waals surface area contributed by atoms with Gasteiger partial charge in [0.05, 0.1) is 11.1 Å². The van der Waals surface area contributed by atoms with Gasteiger partial charge in [-0.05, 0) is 109 Å². The molecule has 1 aliphatic carbocycles. The first-order chi connectivity index (χ1) is 30.3. The van der Waals surface area contributed by atoms with Gasteiger partial charge in [-0.2, -0.15) is 0 Å². The lowest BCUT2D eigenvalue weighted by molar-refractivity contribution is 0.768. The van der Waals surface area contributed by atoms with Crippen LogP contribution in [-0.4, -0.2) is 0 Å². The zero-order valence-corrected chi connectivity index (χ0v) is 34.2. The van der Waals surface area contributed by atoms with E-state index in [1.165, 1.54) is 86.6 Å². The van der Waals surface area contributed by atoms with Crippen molar-refractivity contribution in [3.05, 3.63) is 259 Å². The second kappa shape index (κ2) is 14.3. The van der Waals surface area contributed by atoms with Crippen LogP contribution in [0.25, 0.3) is 64.3 Å². The first kappa shape index (κ1) is 35.4. The van der Waals surface area contributed by atoms with E-state index in [1.807, 2.05) is 11.3 Å². The highest BCUT2D eigenvalue weighted by atomic mass is 32.1. The molecule has 0 N–H and O–H groups in total. The Morgan fingerprint density at radius 1 is 0.344 bits per heavy atom. The number of hydrogen-bond acceptors (Lipinski definition) is 2. The van der Waals surface area contributed by atoms with Crippen molar-refractivity contribution in [3.8, 4) is 33.4 Å². The van der Waals surface area contributed by atoms with E-state index in [-0.39, 0.29) is 0 Å². The fourth-order valence-corrected chi connectivity index (χ4v) is 11.2. The molecule has 1 aliphatic rings.